The first kappa shape index (κ1) is 14.7. The van der Waals surface area contributed by atoms with E-state index in [-0.39, 0.29) is 6.10 Å². The highest BCUT2D eigenvalue weighted by atomic mass is 79.9. The number of rotatable bonds is 4. The van der Waals surface area contributed by atoms with E-state index in [9.17, 15) is 0 Å². The van der Waals surface area contributed by atoms with Gasteiger partial charge in [0.15, 0.2) is 11.5 Å². The molecule has 1 saturated heterocycles. The molecule has 1 fully saturated rings. The predicted molar refractivity (Wildman–Crippen MR) is 81.1 cm³/mol. The maximum absolute atomic E-state index is 5.78. The minimum atomic E-state index is 0.138. The van der Waals surface area contributed by atoms with Gasteiger partial charge in [0.25, 0.3) is 0 Å². The first-order valence-electron chi connectivity index (χ1n) is 6.89. The largest absolute Gasteiger partial charge is 0.493 e. The minimum Gasteiger partial charge on any atom is -0.493 e. The number of halogens is 1. The molecule has 1 aliphatic heterocycles. The lowest BCUT2D eigenvalue weighted by molar-refractivity contribution is 0.229. The zero-order valence-electron chi connectivity index (χ0n) is 11.8. The second-order valence-electron chi connectivity index (χ2n) is 5.19. The lowest BCUT2D eigenvalue weighted by atomic mass is 9.97. The highest BCUT2D eigenvalue weighted by Gasteiger charge is 2.20. The van der Waals surface area contributed by atoms with Crippen molar-refractivity contribution in [3.8, 4) is 11.5 Å². The fraction of sp³-hybridized carbons (Fsp3) is 0.600. The maximum atomic E-state index is 5.78. The molecule has 0 radical (unpaired) electrons. The van der Waals surface area contributed by atoms with Crippen LogP contribution in [0.4, 0.5) is 0 Å². The van der Waals surface area contributed by atoms with Gasteiger partial charge in [0.05, 0.1) is 13.2 Å². The quantitative estimate of drug-likeness (QED) is 0.904. The molecule has 0 aromatic heterocycles. The van der Waals surface area contributed by atoms with Gasteiger partial charge < -0.3 is 14.8 Å². The highest BCUT2D eigenvalue weighted by Crippen LogP contribution is 2.38. The molecular formula is C15H22BrNO2. The summed E-state index contributed by atoms with van der Waals surface area (Å²) in [5.41, 5.74) is 1.26. The zero-order valence-corrected chi connectivity index (χ0v) is 13.4. The fourth-order valence-corrected chi connectivity index (χ4v) is 3.04. The number of ether oxygens (including phenoxy) is 2. The van der Waals surface area contributed by atoms with Crippen LogP contribution in [0.3, 0.4) is 0 Å². The Balaban J connectivity index is 2.29. The van der Waals surface area contributed by atoms with Crippen LogP contribution in [0.5, 0.6) is 11.5 Å². The van der Waals surface area contributed by atoms with E-state index in [1.54, 1.807) is 7.11 Å². The molecule has 4 heteroatoms. The van der Waals surface area contributed by atoms with Gasteiger partial charge in [-0.1, -0.05) is 22.4 Å². The summed E-state index contributed by atoms with van der Waals surface area (Å²) in [7, 11) is 1.69. The fourth-order valence-electron chi connectivity index (χ4n) is 2.44. The summed E-state index contributed by atoms with van der Waals surface area (Å²) in [6.07, 6.45) is 3.85. The van der Waals surface area contributed by atoms with Gasteiger partial charge in [0.2, 0.25) is 0 Å². The summed E-state index contributed by atoms with van der Waals surface area (Å²) in [6.45, 7) is 5.12. The van der Waals surface area contributed by atoms with Crippen LogP contribution in [0, 0.1) is 0 Å². The van der Waals surface area contributed by atoms with Gasteiger partial charge in [-0.15, -0.1) is 0 Å². The normalized spacial score (nSPS) is 19.5. The standard InChI is InChI=1S/C15H22BrNO2/c1-10(2)19-15-9-12(16)11(8-14(15)18-3)13-6-4-5-7-17-13/h8-10,13,17H,4-7H2,1-3H3. The Morgan fingerprint density at radius 3 is 2.63 bits per heavy atom. The molecule has 1 N–H and O–H groups in total. The molecule has 19 heavy (non-hydrogen) atoms. The van der Waals surface area contributed by atoms with E-state index in [4.69, 9.17) is 9.47 Å². The molecule has 1 aliphatic rings. The van der Waals surface area contributed by atoms with Crippen LogP contribution >= 0.6 is 15.9 Å². The summed E-state index contributed by atoms with van der Waals surface area (Å²) in [5.74, 6) is 1.60. The van der Waals surface area contributed by atoms with E-state index in [2.05, 4.69) is 27.3 Å². The van der Waals surface area contributed by atoms with Gasteiger partial charge in [0.1, 0.15) is 0 Å². The van der Waals surface area contributed by atoms with E-state index >= 15 is 0 Å². The van der Waals surface area contributed by atoms with Crippen molar-refractivity contribution in [2.24, 2.45) is 0 Å². The van der Waals surface area contributed by atoms with Crippen LogP contribution in [-0.4, -0.2) is 19.8 Å². The first-order valence-corrected chi connectivity index (χ1v) is 7.68. The van der Waals surface area contributed by atoms with E-state index in [0.29, 0.717) is 6.04 Å². The second-order valence-corrected chi connectivity index (χ2v) is 6.05. The van der Waals surface area contributed by atoms with Crippen LogP contribution < -0.4 is 14.8 Å². The van der Waals surface area contributed by atoms with Gasteiger partial charge in [-0.05, 0) is 50.9 Å². The monoisotopic (exact) mass is 327 g/mol. The van der Waals surface area contributed by atoms with Crippen molar-refractivity contribution in [1.29, 1.82) is 0 Å². The molecule has 1 aromatic rings. The number of methoxy groups -OCH3 is 1. The van der Waals surface area contributed by atoms with E-state index in [1.165, 1.54) is 24.8 Å². The average molecular weight is 328 g/mol. The van der Waals surface area contributed by atoms with Crippen molar-refractivity contribution in [1.82, 2.24) is 5.32 Å². The number of hydrogen-bond acceptors (Lipinski definition) is 3. The highest BCUT2D eigenvalue weighted by molar-refractivity contribution is 9.10. The van der Waals surface area contributed by atoms with Gasteiger partial charge in [-0.2, -0.15) is 0 Å². The topological polar surface area (TPSA) is 30.5 Å². The van der Waals surface area contributed by atoms with Gasteiger partial charge in [0, 0.05) is 10.5 Å². The summed E-state index contributed by atoms with van der Waals surface area (Å²) in [5, 5.41) is 3.56. The summed E-state index contributed by atoms with van der Waals surface area (Å²) >= 11 is 3.66. The zero-order chi connectivity index (χ0) is 13.8. The Hall–Kier alpha value is -0.740. The predicted octanol–water partition coefficient (Wildman–Crippen LogP) is 4.06. The number of piperidine rings is 1. The number of benzene rings is 1. The molecule has 1 atom stereocenters. The van der Waals surface area contributed by atoms with E-state index in [1.807, 2.05) is 19.9 Å². The number of hydrogen-bond donors (Lipinski definition) is 1. The third-order valence-corrected chi connectivity index (χ3v) is 4.02. The van der Waals surface area contributed by atoms with Gasteiger partial charge in [-0.25, -0.2) is 0 Å². The molecular weight excluding hydrogens is 306 g/mol. The summed E-state index contributed by atoms with van der Waals surface area (Å²) < 4.78 is 12.3. The van der Waals surface area contributed by atoms with E-state index in [0.717, 1.165) is 22.5 Å². The maximum Gasteiger partial charge on any atom is 0.162 e. The molecule has 3 nitrogen and oxygen atoms in total. The van der Waals surface area contributed by atoms with Crippen molar-refractivity contribution < 1.29 is 9.47 Å². The summed E-state index contributed by atoms with van der Waals surface area (Å²) in [6, 6.07) is 4.51. The molecule has 1 heterocycles. The molecule has 2 rings (SSSR count). The molecule has 1 unspecified atom stereocenters. The van der Waals surface area contributed by atoms with Crippen LogP contribution in [0.25, 0.3) is 0 Å². The Kier molecular flexibility index (Phi) is 5.11. The SMILES string of the molecule is COc1cc(C2CCCCN2)c(Br)cc1OC(C)C. The number of nitrogens with one attached hydrogen (secondary N) is 1. The Morgan fingerprint density at radius 1 is 1.26 bits per heavy atom. The first-order chi connectivity index (χ1) is 9.11. The van der Waals surface area contributed by atoms with Crippen molar-refractivity contribution in [3.05, 3.63) is 22.2 Å². The van der Waals surface area contributed by atoms with Crippen LogP contribution in [0.2, 0.25) is 0 Å². The summed E-state index contributed by atoms with van der Waals surface area (Å²) in [4.78, 5) is 0. The third kappa shape index (κ3) is 3.63. The Bertz CT molecular complexity index is 428. The second kappa shape index (κ2) is 6.62. The van der Waals surface area contributed by atoms with Crippen LogP contribution in [-0.2, 0) is 0 Å². The average Bonchev–Trinajstić information content (AvgIpc) is 2.39. The molecule has 0 amide bonds. The Labute approximate surface area is 123 Å². The Morgan fingerprint density at radius 2 is 2.05 bits per heavy atom. The minimum absolute atomic E-state index is 0.138. The molecule has 0 aliphatic carbocycles. The third-order valence-electron chi connectivity index (χ3n) is 3.33. The van der Waals surface area contributed by atoms with Gasteiger partial charge >= 0.3 is 0 Å². The molecule has 0 spiro atoms. The van der Waals surface area contributed by atoms with E-state index < -0.39 is 0 Å². The van der Waals surface area contributed by atoms with Crippen molar-refractivity contribution in [2.45, 2.75) is 45.3 Å². The van der Waals surface area contributed by atoms with Crippen LogP contribution in [0.1, 0.15) is 44.7 Å². The lowest BCUT2D eigenvalue weighted by Gasteiger charge is -2.26. The molecule has 1 aromatic carbocycles. The lowest BCUT2D eigenvalue weighted by Crippen LogP contribution is -2.27. The van der Waals surface area contributed by atoms with Gasteiger partial charge in [-0.3, -0.25) is 0 Å². The van der Waals surface area contributed by atoms with Crippen molar-refractivity contribution >= 4 is 15.9 Å². The molecule has 0 bridgehead atoms. The smallest absolute Gasteiger partial charge is 0.162 e. The molecule has 0 saturated carbocycles. The van der Waals surface area contributed by atoms with Crippen LogP contribution in [0.15, 0.2) is 16.6 Å². The van der Waals surface area contributed by atoms with Crippen molar-refractivity contribution in [3.63, 3.8) is 0 Å². The van der Waals surface area contributed by atoms with Crippen molar-refractivity contribution in [2.75, 3.05) is 13.7 Å². The molecule has 106 valence electrons.